The van der Waals surface area contributed by atoms with Crippen molar-refractivity contribution in [2.75, 3.05) is 24.6 Å². The lowest BCUT2D eigenvalue weighted by molar-refractivity contribution is -0.118. The highest BCUT2D eigenvalue weighted by atomic mass is 16.1. The monoisotopic (exact) mass is 170 g/mol. The Bertz CT molecular complexity index is 269. The zero-order chi connectivity index (χ0) is 8.97. The number of rotatable bonds is 3. The van der Waals surface area contributed by atoms with Gasteiger partial charge in [-0.25, -0.2) is 5.10 Å². The molecule has 66 valence electrons. The van der Waals surface area contributed by atoms with E-state index in [0.717, 1.165) is 0 Å². The first-order chi connectivity index (χ1) is 5.72. The highest BCUT2D eigenvalue weighted by Crippen LogP contribution is 1.96. The van der Waals surface area contributed by atoms with E-state index in [2.05, 4.69) is 25.8 Å². The summed E-state index contributed by atoms with van der Waals surface area (Å²) < 4.78 is 0. The summed E-state index contributed by atoms with van der Waals surface area (Å²) in [6, 6.07) is 0. The third-order valence-corrected chi connectivity index (χ3v) is 1.19. The number of carbonyl (C=O) groups excluding carboxylic acids is 1. The first kappa shape index (κ1) is 8.31. The van der Waals surface area contributed by atoms with Gasteiger partial charge in [0.25, 0.3) is 0 Å². The van der Waals surface area contributed by atoms with Gasteiger partial charge in [-0.2, -0.15) is 4.98 Å². The number of nitrogen functional groups attached to an aromatic ring is 1. The molecule has 1 heterocycles. The van der Waals surface area contributed by atoms with Gasteiger partial charge < -0.3 is 16.4 Å². The number of amides is 1. The fourth-order valence-electron chi connectivity index (χ4n) is 0.601. The maximum absolute atomic E-state index is 10.7. The van der Waals surface area contributed by atoms with Crippen LogP contribution in [0.5, 0.6) is 0 Å². The summed E-state index contributed by atoms with van der Waals surface area (Å²) in [6.45, 7) is 0.133. The van der Waals surface area contributed by atoms with E-state index in [-0.39, 0.29) is 18.4 Å². The van der Waals surface area contributed by atoms with E-state index in [4.69, 9.17) is 5.73 Å². The Morgan fingerprint density at radius 3 is 3.00 bits per heavy atom. The zero-order valence-electron chi connectivity index (χ0n) is 6.59. The number of aromatic nitrogens is 3. The van der Waals surface area contributed by atoms with Crippen LogP contribution in [0.2, 0.25) is 0 Å². The second kappa shape index (κ2) is 3.56. The first-order valence-electron chi connectivity index (χ1n) is 3.34. The molecule has 7 heteroatoms. The summed E-state index contributed by atoms with van der Waals surface area (Å²) in [5.74, 6) is 0.392. The van der Waals surface area contributed by atoms with Crippen molar-refractivity contribution in [3.8, 4) is 0 Å². The van der Waals surface area contributed by atoms with E-state index in [0.29, 0.717) is 5.95 Å². The van der Waals surface area contributed by atoms with Crippen LogP contribution in [-0.4, -0.2) is 34.7 Å². The summed E-state index contributed by atoms with van der Waals surface area (Å²) in [5, 5.41) is 11.2. The minimum atomic E-state index is -0.140. The molecular formula is C5H10N6O. The lowest BCUT2D eigenvalue weighted by Gasteiger charge is -1.98. The smallest absolute Gasteiger partial charge is 0.244 e. The zero-order valence-corrected chi connectivity index (χ0v) is 6.59. The summed E-state index contributed by atoms with van der Waals surface area (Å²) in [4.78, 5) is 14.5. The molecule has 7 nitrogen and oxygen atoms in total. The van der Waals surface area contributed by atoms with Gasteiger partial charge in [-0.15, -0.1) is 5.10 Å². The van der Waals surface area contributed by atoms with Crippen LogP contribution in [0.25, 0.3) is 0 Å². The highest BCUT2D eigenvalue weighted by Gasteiger charge is 2.01. The Balaban J connectivity index is 2.38. The van der Waals surface area contributed by atoms with Crippen LogP contribution in [0.3, 0.4) is 0 Å². The average Bonchev–Trinajstić information content (AvgIpc) is 2.47. The van der Waals surface area contributed by atoms with Crippen molar-refractivity contribution in [2.45, 2.75) is 0 Å². The van der Waals surface area contributed by atoms with Crippen molar-refractivity contribution in [3.05, 3.63) is 0 Å². The molecular weight excluding hydrogens is 160 g/mol. The van der Waals surface area contributed by atoms with E-state index in [1.807, 2.05) is 0 Å². The molecule has 0 unspecified atom stereocenters. The number of aromatic amines is 1. The van der Waals surface area contributed by atoms with Crippen molar-refractivity contribution in [2.24, 2.45) is 0 Å². The number of carbonyl (C=O) groups is 1. The van der Waals surface area contributed by atoms with Gasteiger partial charge >= 0.3 is 0 Å². The van der Waals surface area contributed by atoms with Gasteiger partial charge in [-0.1, -0.05) is 0 Å². The first-order valence-corrected chi connectivity index (χ1v) is 3.34. The predicted octanol–water partition coefficient (Wildman–Crippen LogP) is -1.46. The van der Waals surface area contributed by atoms with E-state index in [1.165, 1.54) is 0 Å². The van der Waals surface area contributed by atoms with Gasteiger partial charge in [0, 0.05) is 7.05 Å². The molecule has 0 spiro atoms. The molecule has 0 aromatic carbocycles. The maximum Gasteiger partial charge on any atom is 0.244 e. The van der Waals surface area contributed by atoms with Crippen LogP contribution < -0.4 is 16.4 Å². The molecule has 1 rings (SSSR count). The van der Waals surface area contributed by atoms with Gasteiger partial charge in [0.1, 0.15) is 0 Å². The van der Waals surface area contributed by atoms with Crippen molar-refractivity contribution in [1.29, 1.82) is 0 Å². The van der Waals surface area contributed by atoms with Gasteiger partial charge in [0.05, 0.1) is 6.54 Å². The molecule has 0 saturated carbocycles. The van der Waals surface area contributed by atoms with Crippen molar-refractivity contribution in [1.82, 2.24) is 20.5 Å². The van der Waals surface area contributed by atoms with E-state index >= 15 is 0 Å². The van der Waals surface area contributed by atoms with Gasteiger partial charge in [-0.3, -0.25) is 4.79 Å². The second-order valence-corrected chi connectivity index (χ2v) is 2.07. The number of H-pyrrole nitrogens is 1. The lowest BCUT2D eigenvalue weighted by atomic mass is 10.6. The molecule has 1 aromatic heterocycles. The number of anilines is 2. The Morgan fingerprint density at radius 2 is 2.50 bits per heavy atom. The molecule has 1 amide bonds. The average molecular weight is 170 g/mol. The SMILES string of the molecule is CNC(=O)CNc1n[nH]c(N)n1. The summed E-state index contributed by atoms with van der Waals surface area (Å²) in [5.41, 5.74) is 5.25. The van der Waals surface area contributed by atoms with Crippen LogP contribution in [0, 0.1) is 0 Å². The number of nitrogens with zero attached hydrogens (tertiary/aromatic N) is 2. The standard InChI is InChI=1S/C5H10N6O/c1-7-3(12)2-8-5-9-4(6)10-11-5/h2H2,1H3,(H,7,12)(H4,6,8,9,10,11). The van der Waals surface area contributed by atoms with Gasteiger partial charge in [0.15, 0.2) is 0 Å². The van der Waals surface area contributed by atoms with E-state index in [9.17, 15) is 4.79 Å². The third-order valence-electron chi connectivity index (χ3n) is 1.19. The van der Waals surface area contributed by atoms with Gasteiger partial charge in [-0.05, 0) is 0 Å². The summed E-state index contributed by atoms with van der Waals surface area (Å²) in [7, 11) is 1.55. The van der Waals surface area contributed by atoms with E-state index in [1.54, 1.807) is 7.05 Å². The summed E-state index contributed by atoms with van der Waals surface area (Å²) in [6.07, 6.45) is 0. The van der Waals surface area contributed by atoms with E-state index < -0.39 is 0 Å². The molecule has 0 aliphatic rings. The minimum Gasteiger partial charge on any atom is -0.368 e. The fourth-order valence-corrected chi connectivity index (χ4v) is 0.601. The molecule has 0 radical (unpaired) electrons. The number of nitrogens with two attached hydrogens (primary N) is 1. The minimum absolute atomic E-state index is 0.133. The Labute approximate surface area is 68.7 Å². The van der Waals surface area contributed by atoms with Crippen LogP contribution in [0.4, 0.5) is 11.9 Å². The lowest BCUT2D eigenvalue weighted by Crippen LogP contribution is -2.26. The van der Waals surface area contributed by atoms with Crippen LogP contribution in [0.15, 0.2) is 0 Å². The van der Waals surface area contributed by atoms with Crippen LogP contribution >= 0.6 is 0 Å². The second-order valence-electron chi connectivity index (χ2n) is 2.07. The maximum atomic E-state index is 10.7. The topological polar surface area (TPSA) is 109 Å². The normalized spacial score (nSPS) is 9.42. The molecule has 5 N–H and O–H groups in total. The molecule has 0 aliphatic heterocycles. The van der Waals surface area contributed by atoms with Crippen molar-refractivity contribution >= 4 is 17.8 Å². The van der Waals surface area contributed by atoms with Crippen LogP contribution in [0.1, 0.15) is 0 Å². The molecule has 0 bridgehead atoms. The number of likely N-dealkylation sites (N-methyl/N-ethyl adjacent to an activating group) is 1. The largest absolute Gasteiger partial charge is 0.368 e. The molecule has 0 atom stereocenters. The Morgan fingerprint density at radius 1 is 1.75 bits per heavy atom. The molecule has 1 aromatic rings. The molecule has 0 fully saturated rings. The number of nitrogens with one attached hydrogen (secondary N) is 3. The summed E-state index contributed by atoms with van der Waals surface area (Å²) >= 11 is 0. The predicted molar refractivity (Wildman–Crippen MR) is 43.4 cm³/mol. The third kappa shape index (κ3) is 2.11. The van der Waals surface area contributed by atoms with Crippen molar-refractivity contribution < 1.29 is 4.79 Å². The van der Waals surface area contributed by atoms with Crippen LogP contribution in [-0.2, 0) is 4.79 Å². The number of hydrogen-bond donors (Lipinski definition) is 4. The number of hydrogen-bond acceptors (Lipinski definition) is 5. The van der Waals surface area contributed by atoms with Crippen molar-refractivity contribution in [3.63, 3.8) is 0 Å². The Kier molecular flexibility index (Phi) is 2.46. The highest BCUT2D eigenvalue weighted by molar-refractivity contribution is 5.79. The fraction of sp³-hybridized carbons (Fsp3) is 0.400. The quantitative estimate of drug-likeness (QED) is 0.443. The van der Waals surface area contributed by atoms with Gasteiger partial charge in [0.2, 0.25) is 17.8 Å². The molecule has 0 aliphatic carbocycles. The molecule has 12 heavy (non-hydrogen) atoms. The Hall–Kier alpha value is -1.79. The molecule has 0 saturated heterocycles.